The zero-order valence-electron chi connectivity index (χ0n) is 27.6. The number of anilines is 1. The number of alkyl halides is 6. The summed E-state index contributed by atoms with van der Waals surface area (Å²) in [7, 11) is 0. The Balaban J connectivity index is 0.000000204. The van der Waals surface area contributed by atoms with Crippen molar-refractivity contribution in [2.24, 2.45) is 0 Å². The highest BCUT2D eigenvalue weighted by Gasteiger charge is 2.59. The molecule has 0 spiro atoms. The molecular weight excluding hydrogens is 963 g/mol. The summed E-state index contributed by atoms with van der Waals surface area (Å²) in [5.41, 5.74) is -3.68. The summed E-state index contributed by atoms with van der Waals surface area (Å²) in [6, 6.07) is 15.4. The van der Waals surface area contributed by atoms with E-state index in [-0.39, 0.29) is 84.0 Å². The van der Waals surface area contributed by atoms with Gasteiger partial charge in [0.25, 0.3) is 11.4 Å². The number of nitro groups is 2. The molecular formula is C34H25Br2Cl4F7N4O4. The van der Waals surface area contributed by atoms with E-state index in [1.165, 1.54) is 54.6 Å². The lowest BCUT2D eigenvalue weighted by atomic mass is 9.79. The minimum Gasteiger partial charge on any atom is -0.370 e. The molecule has 4 aromatic rings. The Bertz CT molecular complexity index is 2030. The van der Waals surface area contributed by atoms with Crippen molar-refractivity contribution >= 4 is 95.3 Å². The normalized spacial score (nSPS) is 19.6. The van der Waals surface area contributed by atoms with Gasteiger partial charge in [-0.25, -0.2) is 4.39 Å². The van der Waals surface area contributed by atoms with Crippen molar-refractivity contribution in [1.29, 1.82) is 0 Å². The fraction of sp³-hybridized carbons (Fsp3) is 0.294. The van der Waals surface area contributed by atoms with Crippen LogP contribution < -0.4 is 10.2 Å². The number of nitro benzene ring substituents is 2. The van der Waals surface area contributed by atoms with Gasteiger partial charge in [0.2, 0.25) is 0 Å². The lowest BCUT2D eigenvalue weighted by Crippen LogP contribution is -2.44. The summed E-state index contributed by atoms with van der Waals surface area (Å²) < 4.78 is 94.7. The second-order valence-electron chi connectivity index (χ2n) is 12.3. The molecule has 21 heteroatoms. The third-order valence-corrected chi connectivity index (χ3v) is 11.1. The topological polar surface area (TPSA) is 102 Å². The summed E-state index contributed by atoms with van der Waals surface area (Å²) >= 11 is 29.4. The van der Waals surface area contributed by atoms with Gasteiger partial charge in [-0.3, -0.25) is 20.2 Å². The first kappa shape index (κ1) is 44.8. The molecule has 0 amide bonds. The Morgan fingerprint density at radius 1 is 0.673 bits per heavy atom. The molecule has 8 nitrogen and oxygen atoms in total. The van der Waals surface area contributed by atoms with Crippen LogP contribution in [0.15, 0.2) is 81.7 Å². The number of nitrogens with one attached hydrogen (secondary N) is 1. The third kappa shape index (κ3) is 10.3. The molecule has 2 aliphatic heterocycles. The number of benzene rings is 4. The molecule has 0 aromatic heterocycles. The minimum atomic E-state index is -4.52. The molecule has 6 rings (SSSR count). The third-order valence-electron chi connectivity index (χ3n) is 8.94. The van der Waals surface area contributed by atoms with E-state index < -0.39 is 38.8 Å². The van der Waals surface area contributed by atoms with E-state index in [2.05, 4.69) is 37.2 Å². The molecule has 55 heavy (non-hydrogen) atoms. The average molecular weight is 988 g/mol. The molecule has 0 aliphatic carbocycles. The number of rotatable bonds is 5. The van der Waals surface area contributed by atoms with E-state index in [1.54, 1.807) is 4.90 Å². The van der Waals surface area contributed by atoms with Crippen molar-refractivity contribution < 1.29 is 40.6 Å². The van der Waals surface area contributed by atoms with Crippen molar-refractivity contribution in [2.45, 2.75) is 36.0 Å². The molecule has 2 fully saturated rings. The second-order valence-corrected chi connectivity index (χ2v) is 15.8. The Hall–Kier alpha value is -2.93. The fourth-order valence-electron chi connectivity index (χ4n) is 6.13. The van der Waals surface area contributed by atoms with Gasteiger partial charge in [-0.1, -0.05) is 46.4 Å². The van der Waals surface area contributed by atoms with Crippen LogP contribution in [0.25, 0.3) is 0 Å². The SMILES string of the molecule is FC(F)(F)C1(c2cc(Cl)cc(Cl)c2)CCNC1.O=[N+]([O-])c1ccc(F)cc1Br.O=[N+]([O-])c1ccc(N2CCC(c3cc(Cl)cc(Cl)c3)(C(F)(F)F)C2)cc1Br. The maximum absolute atomic E-state index is 14.1. The van der Waals surface area contributed by atoms with Gasteiger partial charge in [-0.2, -0.15) is 26.3 Å². The summed E-state index contributed by atoms with van der Waals surface area (Å²) in [4.78, 5) is 21.5. The van der Waals surface area contributed by atoms with Crippen LogP contribution in [0.5, 0.6) is 0 Å². The highest BCUT2D eigenvalue weighted by Crippen LogP contribution is 2.50. The van der Waals surface area contributed by atoms with Crippen LogP contribution in [-0.2, 0) is 10.8 Å². The Morgan fingerprint density at radius 3 is 1.53 bits per heavy atom. The van der Waals surface area contributed by atoms with Crippen LogP contribution in [0.3, 0.4) is 0 Å². The van der Waals surface area contributed by atoms with Crippen molar-refractivity contribution in [3.63, 3.8) is 0 Å². The molecule has 4 aromatic carbocycles. The maximum Gasteiger partial charge on any atom is 0.400 e. The number of hydrogen-bond acceptors (Lipinski definition) is 6. The van der Waals surface area contributed by atoms with Gasteiger partial charge in [0.1, 0.15) is 16.6 Å². The van der Waals surface area contributed by atoms with Gasteiger partial charge >= 0.3 is 12.4 Å². The quantitative estimate of drug-likeness (QED) is 0.121. The first-order valence-corrected chi connectivity index (χ1v) is 18.6. The Labute approximate surface area is 345 Å². The number of hydrogen-bond donors (Lipinski definition) is 1. The lowest BCUT2D eigenvalue weighted by Gasteiger charge is -2.33. The summed E-state index contributed by atoms with van der Waals surface area (Å²) in [6.07, 6.45) is -9.01. The van der Waals surface area contributed by atoms with Gasteiger partial charge in [0, 0.05) is 57.5 Å². The van der Waals surface area contributed by atoms with Gasteiger partial charge in [-0.05, 0) is 123 Å². The van der Waals surface area contributed by atoms with E-state index >= 15 is 0 Å². The fourth-order valence-corrected chi connectivity index (χ4v) is 8.19. The molecule has 2 atom stereocenters. The van der Waals surface area contributed by atoms with Gasteiger partial charge in [0.15, 0.2) is 0 Å². The van der Waals surface area contributed by atoms with E-state index in [1.807, 2.05) is 0 Å². The number of halogens is 13. The smallest absolute Gasteiger partial charge is 0.370 e. The average Bonchev–Trinajstić information content (AvgIpc) is 3.74. The molecule has 296 valence electrons. The minimum absolute atomic E-state index is 0.00711. The van der Waals surface area contributed by atoms with Crippen molar-refractivity contribution in [3.05, 3.63) is 139 Å². The van der Waals surface area contributed by atoms with Crippen LogP contribution in [0, 0.1) is 26.0 Å². The van der Waals surface area contributed by atoms with Gasteiger partial charge < -0.3 is 10.2 Å². The first-order valence-electron chi connectivity index (χ1n) is 15.6. The predicted octanol–water partition coefficient (Wildman–Crippen LogP) is 12.7. The van der Waals surface area contributed by atoms with Crippen LogP contribution in [-0.4, -0.2) is 48.4 Å². The highest BCUT2D eigenvalue weighted by molar-refractivity contribution is 9.11. The monoisotopic (exact) mass is 984 g/mol. The molecule has 0 saturated carbocycles. The van der Waals surface area contributed by atoms with E-state index in [0.717, 1.165) is 18.2 Å². The van der Waals surface area contributed by atoms with E-state index in [0.29, 0.717) is 12.2 Å². The molecule has 0 radical (unpaired) electrons. The Morgan fingerprint density at radius 2 is 1.13 bits per heavy atom. The summed E-state index contributed by atoms with van der Waals surface area (Å²) in [6.45, 7) is 0.00211. The predicted molar refractivity (Wildman–Crippen MR) is 204 cm³/mol. The highest BCUT2D eigenvalue weighted by atomic mass is 79.9. The van der Waals surface area contributed by atoms with Crippen molar-refractivity contribution in [2.75, 3.05) is 31.1 Å². The van der Waals surface area contributed by atoms with Crippen LogP contribution in [0.2, 0.25) is 20.1 Å². The molecule has 0 bridgehead atoms. The van der Waals surface area contributed by atoms with Crippen molar-refractivity contribution in [1.82, 2.24) is 5.32 Å². The molecule has 2 saturated heterocycles. The lowest BCUT2D eigenvalue weighted by molar-refractivity contribution is -0.385. The standard InChI is InChI=1S/C17H12BrCl2F3N2O2.C11H10Cl2F3N.C6H3BrFNO2/c18-14-8-13(1-2-15(14)25(26)27)24-4-3-16(9-24,17(21,22)23)10-5-11(19)7-12(20)6-10;12-8-3-7(4-9(13)5-8)10(11(14,15)16)1-2-17-6-10;7-5-3-4(8)1-2-6(5)9(10)11/h1-2,5-8H,3-4,9H2;3-5,17H,1-2,6H2;1-3H. The zero-order valence-corrected chi connectivity index (χ0v) is 33.8. The van der Waals surface area contributed by atoms with Crippen molar-refractivity contribution in [3.8, 4) is 0 Å². The largest absolute Gasteiger partial charge is 0.400 e. The molecule has 2 heterocycles. The summed E-state index contributed by atoms with van der Waals surface area (Å²) in [5, 5.41) is 24.6. The number of nitrogens with zero attached hydrogens (tertiary/aromatic N) is 3. The van der Waals surface area contributed by atoms with Gasteiger partial charge in [0.05, 0.1) is 18.8 Å². The first-order chi connectivity index (χ1) is 25.5. The second kappa shape index (κ2) is 17.7. The summed E-state index contributed by atoms with van der Waals surface area (Å²) in [5.74, 6) is -0.498. The Kier molecular flexibility index (Phi) is 14.4. The van der Waals surface area contributed by atoms with E-state index in [4.69, 9.17) is 46.4 Å². The zero-order chi connectivity index (χ0) is 41.1. The van der Waals surface area contributed by atoms with E-state index in [9.17, 15) is 51.0 Å². The van der Waals surface area contributed by atoms with Crippen LogP contribution >= 0.6 is 78.3 Å². The molecule has 2 aliphatic rings. The molecule has 2 unspecified atom stereocenters. The maximum atomic E-state index is 14.1. The van der Waals surface area contributed by atoms with Crippen LogP contribution in [0.4, 0.5) is 47.8 Å². The molecule has 1 N–H and O–H groups in total. The van der Waals surface area contributed by atoms with Gasteiger partial charge in [-0.15, -0.1) is 0 Å². The van der Waals surface area contributed by atoms with Crippen LogP contribution in [0.1, 0.15) is 24.0 Å².